The van der Waals surface area contributed by atoms with Crippen LogP contribution in [-0.2, 0) is 4.79 Å². The van der Waals surface area contributed by atoms with Crippen LogP contribution in [0.25, 0.3) is 11.0 Å². The number of benzene rings is 2. The fraction of sp³-hybridized carbons (Fsp3) is 0.370. The minimum atomic E-state index is -0.353. The molecule has 2 aromatic carbocycles. The van der Waals surface area contributed by atoms with Crippen LogP contribution in [-0.4, -0.2) is 61.5 Å². The molecule has 4 bridgehead atoms. The molecule has 0 spiro atoms. The van der Waals surface area contributed by atoms with Crippen LogP contribution in [0.5, 0.6) is 11.5 Å². The van der Waals surface area contributed by atoms with Gasteiger partial charge in [0.05, 0.1) is 13.7 Å². The van der Waals surface area contributed by atoms with Gasteiger partial charge >= 0.3 is 0 Å². The number of hydrogen-bond acceptors (Lipinski definition) is 6. The number of ether oxygens (including phenoxy) is 2. The molecular weight excluding hydrogens is 498 g/mol. The molecule has 3 aromatic rings. The molecule has 5 rings (SSSR count). The number of hydrogen-bond donors (Lipinski definition) is 2. The predicted molar refractivity (Wildman–Crippen MR) is 137 cm³/mol. The average Bonchev–Trinajstić information content (AvgIpc) is 3.48. The van der Waals surface area contributed by atoms with Gasteiger partial charge in [0.15, 0.2) is 17.1 Å². The van der Waals surface area contributed by atoms with E-state index in [1.807, 2.05) is 13.0 Å². The van der Waals surface area contributed by atoms with Crippen molar-refractivity contribution in [2.75, 3.05) is 26.8 Å². The minimum absolute atomic E-state index is 0.119. The van der Waals surface area contributed by atoms with Gasteiger partial charge in [-0.1, -0.05) is 17.7 Å². The van der Waals surface area contributed by atoms with Crippen LogP contribution < -0.4 is 20.1 Å². The molecule has 3 heterocycles. The number of fused-ring (bicyclic) bond motifs is 5. The highest BCUT2D eigenvalue weighted by molar-refractivity contribution is 6.31. The lowest BCUT2D eigenvalue weighted by molar-refractivity contribution is -0.122. The third-order valence-electron chi connectivity index (χ3n) is 6.88. The van der Waals surface area contributed by atoms with Crippen LogP contribution in [0.1, 0.15) is 45.7 Å². The summed E-state index contributed by atoms with van der Waals surface area (Å²) in [6.07, 6.45) is 1.40. The number of carbonyl (C=O) groups is 3. The van der Waals surface area contributed by atoms with E-state index in [-0.39, 0.29) is 55.1 Å². The van der Waals surface area contributed by atoms with Gasteiger partial charge < -0.3 is 29.4 Å². The van der Waals surface area contributed by atoms with Gasteiger partial charge in [0.25, 0.3) is 11.8 Å². The third kappa shape index (κ3) is 5.09. The van der Waals surface area contributed by atoms with E-state index in [0.717, 1.165) is 5.56 Å². The number of rotatable bonds is 2. The first-order valence-corrected chi connectivity index (χ1v) is 12.6. The highest BCUT2D eigenvalue weighted by Gasteiger charge is 2.39. The maximum Gasteiger partial charge on any atom is 0.290 e. The van der Waals surface area contributed by atoms with E-state index >= 15 is 0 Å². The van der Waals surface area contributed by atoms with Gasteiger partial charge in [-0.15, -0.1) is 0 Å². The van der Waals surface area contributed by atoms with Crippen LogP contribution in [0.2, 0.25) is 5.02 Å². The summed E-state index contributed by atoms with van der Waals surface area (Å²) in [4.78, 5) is 41.1. The van der Waals surface area contributed by atoms with E-state index in [0.29, 0.717) is 52.4 Å². The van der Waals surface area contributed by atoms with Gasteiger partial charge in [0.2, 0.25) is 5.91 Å². The third-order valence-corrected chi connectivity index (χ3v) is 7.10. The Hall–Kier alpha value is -3.72. The number of nitrogens with one attached hydrogen (secondary N) is 2. The van der Waals surface area contributed by atoms with Crippen molar-refractivity contribution in [1.82, 2.24) is 15.5 Å². The lowest BCUT2D eigenvalue weighted by Crippen LogP contribution is -2.47. The Bertz CT molecular complexity index is 1370. The van der Waals surface area contributed by atoms with Crippen LogP contribution in [0.4, 0.5) is 0 Å². The minimum Gasteiger partial charge on any atom is -0.493 e. The summed E-state index contributed by atoms with van der Waals surface area (Å²) in [5.74, 6) is 0.355. The number of amides is 3. The fourth-order valence-corrected chi connectivity index (χ4v) is 5.23. The highest BCUT2D eigenvalue weighted by Crippen LogP contribution is 2.35. The van der Waals surface area contributed by atoms with E-state index < -0.39 is 0 Å². The molecule has 2 atom stereocenters. The molecule has 10 heteroatoms. The van der Waals surface area contributed by atoms with Crippen molar-refractivity contribution in [3.05, 3.63) is 58.3 Å². The molecule has 2 aliphatic rings. The molecule has 1 fully saturated rings. The molecule has 2 N–H and O–H groups in total. The number of methoxy groups -OCH3 is 1. The second kappa shape index (κ2) is 10.3. The molecule has 194 valence electrons. The second-order valence-corrected chi connectivity index (χ2v) is 9.76. The Morgan fingerprint density at radius 3 is 2.73 bits per heavy atom. The van der Waals surface area contributed by atoms with Crippen LogP contribution in [0.3, 0.4) is 0 Å². The standard InChI is InChI=1S/C27H28ClN3O6/c1-15-3-4-16-10-21(15)36-8-7-29-24(32)13-19-5-6-20(14-30-26(16)33)31(19)27(34)23-11-17-9-18(28)12-22(35-2)25(17)37-23/h3-4,9-12,19-20H,5-8,13-14H2,1-2H3,(H,29,32)(H,30,33)/t19-,20+/m0/s1. The quantitative estimate of drug-likeness (QED) is 0.528. The van der Waals surface area contributed by atoms with Crippen molar-refractivity contribution in [2.45, 2.75) is 38.3 Å². The Kier molecular flexibility index (Phi) is 6.97. The molecule has 2 aliphatic heterocycles. The van der Waals surface area contributed by atoms with Gasteiger partial charge in [0, 0.05) is 47.1 Å². The van der Waals surface area contributed by atoms with Gasteiger partial charge in [-0.05, 0) is 49.6 Å². The van der Waals surface area contributed by atoms with Crippen molar-refractivity contribution in [2.24, 2.45) is 0 Å². The number of carbonyl (C=O) groups excluding carboxylic acids is 3. The van der Waals surface area contributed by atoms with Crippen molar-refractivity contribution in [1.29, 1.82) is 0 Å². The summed E-state index contributed by atoms with van der Waals surface area (Å²) in [6, 6.07) is 9.56. The zero-order chi connectivity index (χ0) is 26.1. The summed E-state index contributed by atoms with van der Waals surface area (Å²) in [6.45, 7) is 2.70. The first-order chi connectivity index (χ1) is 17.8. The summed E-state index contributed by atoms with van der Waals surface area (Å²) in [7, 11) is 1.50. The topological polar surface area (TPSA) is 110 Å². The van der Waals surface area contributed by atoms with Gasteiger partial charge in [0.1, 0.15) is 12.4 Å². The Morgan fingerprint density at radius 2 is 1.92 bits per heavy atom. The van der Waals surface area contributed by atoms with Crippen molar-refractivity contribution >= 4 is 40.3 Å². The lowest BCUT2D eigenvalue weighted by Gasteiger charge is -2.29. The summed E-state index contributed by atoms with van der Waals surface area (Å²) < 4.78 is 17.1. The fourth-order valence-electron chi connectivity index (χ4n) is 5.01. The summed E-state index contributed by atoms with van der Waals surface area (Å²) in [5.41, 5.74) is 1.78. The van der Waals surface area contributed by atoms with E-state index in [1.165, 1.54) is 7.11 Å². The largest absolute Gasteiger partial charge is 0.493 e. The number of halogens is 1. The predicted octanol–water partition coefficient (Wildman–Crippen LogP) is 3.71. The van der Waals surface area contributed by atoms with Gasteiger partial charge in [-0.25, -0.2) is 0 Å². The maximum absolute atomic E-state index is 13.8. The van der Waals surface area contributed by atoms with E-state index in [9.17, 15) is 14.4 Å². The number of nitrogens with zero attached hydrogens (tertiary/aromatic N) is 1. The molecule has 3 amide bonds. The number of furan rings is 1. The van der Waals surface area contributed by atoms with E-state index in [2.05, 4.69) is 10.6 Å². The second-order valence-electron chi connectivity index (χ2n) is 9.33. The monoisotopic (exact) mass is 525 g/mol. The molecule has 0 unspecified atom stereocenters. The van der Waals surface area contributed by atoms with Crippen LogP contribution >= 0.6 is 11.6 Å². The zero-order valence-corrected chi connectivity index (χ0v) is 21.4. The Labute approximate surface area is 219 Å². The molecule has 37 heavy (non-hydrogen) atoms. The van der Waals surface area contributed by atoms with E-state index in [1.54, 1.807) is 35.2 Å². The zero-order valence-electron chi connectivity index (χ0n) is 20.6. The first-order valence-electron chi connectivity index (χ1n) is 12.2. The smallest absolute Gasteiger partial charge is 0.290 e. The van der Waals surface area contributed by atoms with Gasteiger partial charge in [-0.2, -0.15) is 0 Å². The molecular formula is C27H28ClN3O6. The molecule has 1 saturated heterocycles. The van der Waals surface area contributed by atoms with Crippen LogP contribution in [0.15, 0.2) is 40.8 Å². The van der Waals surface area contributed by atoms with Crippen molar-refractivity contribution < 1.29 is 28.3 Å². The molecule has 9 nitrogen and oxygen atoms in total. The summed E-state index contributed by atoms with van der Waals surface area (Å²) in [5, 5.41) is 6.92. The van der Waals surface area contributed by atoms with Gasteiger partial charge in [-0.3, -0.25) is 14.4 Å². The highest BCUT2D eigenvalue weighted by atomic mass is 35.5. The molecule has 0 radical (unpaired) electrons. The molecule has 1 aromatic heterocycles. The Balaban J connectivity index is 1.45. The van der Waals surface area contributed by atoms with E-state index in [4.69, 9.17) is 25.5 Å². The Morgan fingerprint density at radius 1 is 1.11 bits per heavy atom. The SMILES string of the molecule is COc1cc(Cl)cc2cc(C(=O)N3[C@@H]4CC[C@H]3CC(=O)NCCOc3cc(ccc3C)C(=O)NC4)oc12. The normalized spacial score (nSPS) is 20.5. The summed E-state index contributed by atoms with van der Waals surface area (Å²) >= 11 is 6.19. The molecule has 0 saturated carbocycles. The lowest BCUT2D eigenvalue weighted by atomic mass is 10.1. The first kappa shape index (κ1) is 25.0. The van der Waals surface area contributed by atoms with Crippen LogP contribution in [0, 0.1) is 6.92 Å². The molecule has 0 aliphatic carbocycles. The van der Waals surface area contributed by atoms with Crippen molar-refractivity contribution in [3.8, 4) is 11.5 Å². The average molecular weight is 526 g/mol. The van der Waals surface area contributed by atoms with Crippen molar-refractivity contribution in [3.63, 3.8) is 0 Å². The maximum atomic E-state index is 13.8. The number of aryl methyl sites for hydroxylation is 1.